The van der Waals surface area contributed by atoms with Crippen LogP contribution in [0.3, 0.4) is 0 Å². The van der Waals surface area contributed by atoms with Crippen LogP contribution in [0.1, 0.15) is 36.1 Å². The molecule has 0 radical (unpaired) electrons. The highest BCUT2D eigenvalue weighted by molar-refractivity contribution is 5.81. The predicted octanol–water partition coefficient (Wildman–Crippen LogP) is 3.06. The second-order valence-corrected chi connectivity index (χ2v) is 5.88. The van der Waals surface area contributed by atoms with Crippen LogP contribution in [0.2, 0.25) is 0 Å². The Morgan fingerprint density at radius 2 is 1.87 bits per heavy atom. The summed E-state index contributed by atoms with van der Waals surface area (Å²) in [5.74, 6) is 0.546. The highest BCUT2D eigenvalue weighted by Gasteiger charge is 2.35. The van der Waals surface area contributed by atoms with Gasteiger partial charge in [0.25, 0.3) is 0 Å². The molecule has 2 N–H and O–H groups in total. The minimum atomic E-state index is -0.384. The molecule has 2 aromatic rings. The van der Waals surface area contributed by atoms with Gasteiger partial charge in [0, 0.05) is 6.04 Å². The number of hydrogen-bond acceptors (Lipinski definition) is 3. The molecule has 0 bridgehead atoms. The Kier molecular flexibility index (Phi) is 4.63. The third-order valence-electron chi connectivity index (χ3n) is 4.51. The van der Waals surface area contributed by atoms with Crippen molar-refractivity contribution in [1.82, 2.24) is 4.90 Å². The summed E-state index contributed by atoms with van der Waals surface area (Å²) in [5, 5.41) is 0. The first-order valence-electron chi connectivity index (χ1n) is 7.94. The average Bonchev–Trinajstić information content (AvgIpc) is 3.05. The van der Waals surface area contributed by atoms with E-state index in [-0.39, 0.29) is 18.0 Å². The van der Waals surface area contributed by atoms with E-state index in [4.69, 9.17) is 10.5 Å². The fourth-order valence-electron chi connectivity index (χ4n) is 3.44. The van der Waals surface area contributed by atoms with Crippen molar-refractivity contribution in [3.63, 3.8) is 0 Å². The van der Waals surface area contributed by atoms with E-state index < -0.39 is 0 Å². The Morgan fingerprint density at radius 3 is 2.48 bits per heavy atom. The highest BCUT2D eigenvalue weighted by Crippen LogP contribution is 2.38. The van der Waals surface area contributed by atoms with Gasteiger partial charge in [-0.05, 0) is 42.6 Å². The molecule has 4 heteroatoms. The molecule has 0 aromatic heterocycles. The lowest BCUT2D eigenvalue weighted by atomic mass is 9.99. The second kappa shape index (κ2) is 6.84. The minimum Gasteiger partial charge on any atom is -0.497 e. The normalized spacial score (nSPS) is 19.4. The van der Waals surface area contributed by atoms with E-state index in [1.807, 2.05) is 42.5 Å². The number of benzene rings is 2. The van der Waals surface area contributed by atoms with Crippen molar-refractivity contribution in [2.24, 2.45) is 5.73 Å². The molecular formula is C19H22N2O2. The number of hydrogen-bond donors (Lipinski definition) is 1. The number of amides is 1. The first-order valence-corrected chi connectivity index (χ1v) is 7.94. The van der Waals surface area contributed by atoms with Crippen LogP contribution in [0.5, 0.6) is 5.75 Å². The van der Waals surface area contributed by atoms with Crippen molar-refractivity contribution in [2.75, 3.05) is 13.7 Å². The molecule has 1 aliphatic heterocycles. The zero-order chi connectivity index (χ0) is 16.2. The quantitative estimate of drug-likeness (QED) is 0.923. The van der Waals surface area contributed by atoms with Gasteiger partial charge in [0.05, 0.1) is 7.11 Å². The molecule has 1 aliphatic rings. The van der Waals surface area contributed by atoms with Crippen LogP contribution in [0.25, 0.3) is 0 Å². The average molecular weight is 310 g/mol. The van der Waals surface area contributed by atoms with E-state index in [0.717, 1.165) is 30.7 Å². The molecule has 1 amide bonds. The van der Waals surface area contributed by atoms with Crippen molar-refractivity contribution in [3.8, 4) is 5.75 Å². The van der Waals surface area contributed by atoms with Gasteiger partial charge in [0.1, 0.15) is 11.8 Å². The molecule has 23 heavy (non-hydrogen) atoms. The van der Waals surface area contributed by atoms with Crippen LogP contribution < -0.4 is 10.5 Å². The Morgan fingerprint density at radius 1 is 1.17 bits per heavy atom. The fraction of sp³-hybridized carbons (Fsp3) is 0.316. The number of ether oxygens (including phenoxy) is 1. The molecule has 0 saturated carbocycles. The lowest BCUT2D eigenvalue weighted by molar-refractivity contribution is -0.123. The van der Waals surface area contributed by atoms with Gasteiger partial charge >= 0.3 is 0 Å². The number of rotatable bonds is 5. The molecule has 4 nitrogen and oxygen atoms in total. The number of carbonyl (C=O) groups excluding carboxylic acids is 1. The van der Waals surface area contributed by atoms with Crippen molar-refractivity contribution >= 4 is 5.91 Å². The SMILES string of the molecule is COc1ccc([C@@H]2CCCN2[C@H](C(N)=O)c2ccccc2)cc1. The third kappa shape index (κ3) is 3.22. The Hall–Kier alpha value is -2.33. The topological polar surface area (TPSA) is 55.6 Å². The molecule has 120 valence electrons. The van der Waals surface area contributed by atoms with Gasteiger partial charge in [-0.25, -0.2) is 0 Å². The number of methoxy groups -OCH3 is 1. The maximum atomic E-state index is 12.1. The van der Waals surface area contributed by atoms with Crippen LogP contribution >= 0.6 is 0 Å². The lowest BCUT2D eigenvalue weighted by Crippen LogP contribution is -2.37. The van der Waals surface area contributed by atoms with Crippen LogP contribution in [-0.4, -0.2) is 24.5 Å². The van der Waals surface area contributed by atoms with E-state index in [1.54, 1.807) is 7.11 Å². The molecule has 0 unspecified atom stereocenters. The van der Waals surface area contributed by atoms with E-state index in [2.05, 4.69) is 17.0 Å². The lowest BCUT2D eigenvalue weighted by Gasteiger charge is -2.31. The van der Waals surface area contributed by atoms with Gasteiger partial charge < -0.3 is 10.5 Å². The van der Waals surface area contributed by atoms with E-state index >= 15 is 0 Å². The molecule has 0 aliphatic carbocycles. The van der Waals surface area contributed by atoms with Gasteiger partial charge in [-0.3, -0.25) is 9.69 Å². The maximum Gasteiger partial charge on any atom is 0.239 e. The van der Waals surface area contributed by atoms with Crippen molar-refractivity contribution in [1.29, 1.82) is 0 Å². The molecule has 1 fully saturated rings. The van der Waals surface area contributed by atoms with E-state index in [9.17, 15) is 4.79 Å². The predicted molar refractivity (Wildman–Crippen MR) is 90.1 cm³/mol. The van der Waals surface area contributed by atoms with E-state index in [1.165, 1.54) is 5.56 Å². The smallest absolute Gasteiger partial charge is 0.239 e. The molecule has 2 atom stereocenters. The first kappa shape index (κ1) is 15.6. The molecule has 0 spiro atoms. The monoisotopic (exact) mass is 310 g/mol. The van der Waals surface area contributed by atoms with Crippen LogP contribution in [0, 0.1) is 0 Å². The van der Waals surface area contributed by atoms with Gasteiger partial charge in [-0.2, -0.15) is 0 Å². The summed E-state index contributed by atoms with van der Waals surface area (Å²) in [4.78, 5) is 14.3. The number of carbonyl (C=O) groups is 1. The number of primary amides is 1. The maximum absolute atomic E-state index is 12.1. The highest BCUT2D eigenvalue weighted by atomic mass is 16.5. The summed E-state index contributed by atoms with van der Waals surface area (Å²) in [6, 6.07) is 17.7. The van der Waals surface area contributed by atoms with Crippen molar-refractivity contribution in [3.05, 3.63) is 65.7 Å². The molecule has 1 saturated heterocycles. The van der Waals surface area contributed by atoms with Gasteiger partial charge in [0.2, 0.25) is 5.91 Å². The summed E-state index contributed by atoms with van der Waals surface area (Å²) in [6.07, 6.45) is 2.09. The zero-order valence-electron chi connectivity index (χ0n) is 13.3. The minimum absolute atomic E-state index is 0.207. The van der Waals surface area contributed by atoms with Crippen LogP contribution in [0.15, 0.2) is 54.6 Å². The Labute approximate surface area is 136 Å². The summed E-state index contributed by atoms with van der Waals surface area (Å²) < 4.78 is 5.23. The van der Waals surface area contributed by atoms with Gasteiger partial charge in [-0.1, -0.05) is 42.5 Å². The van der Waals surface area contributed by atoms with E-state index in [0.29, 0.717) is 0 Å². The van der Waals surface area contributed by atoms with Gasteiger partial charge in [0.15, 0.2) is 0 Å². The van der Waals surface area contributed by atoms with Crippen LogP contribution in [-0.2, 0) is 4.79 Å². The summed E-state index contributed by atoms with van der Waals surface area (Å²) in [7, 11) is 1.66. The van der Waals surface area contributed by atoms with Crippen LogP contribution in [0.4, 0.5) is 0 Å². The molecule has 1 heterocycles. The van der Waals surface area contributed by atoms with Crippen molar-refractivity contribution < 1.29 is 9.53 Å². The fourth-order valence-corrected chi connectivity index (χ4v) is 3.44. The molecular weight excluding hydrogens is 288 g/mol. The Bertz CT molecular complexity index is 655. The standard InChI is InChI=1S/C19H22N2O2/c1-23-16-11-9-14(10-12-16)17-8-5-13-21(17)18(19(20)22)15-6-3-2-4-7-15/h2-4,6-7,9-12,17-18H,5,8,13H2,1H3,(H2,20,22)/t17-,18-/m0/s1. The first-order chi connectivity index (χ1) is 11.2. The number of nitrogens with two attached hydrogens (primary N) is 1. The summed E-state index contributed by atoms with van der Waals surface area (Å²) >= 11 is 0. The Balaban J connectivity index is 1.90. The number of nitrogens with zero attached hydrogens (tertiary/aromatic N) is 1. The largest absolute Gasteiger partial charge is 0.497 e. The third-order valence-corrected chi connectivity index (χ3v) is 4.51. The summed E-state index contributed by atoms with van der Waals surface area (Å²) in [5.41, 5.74) is 7.89. The molecule has 3 rings (SSSR count). The zero-order valence-corrected chi connectivity index (χ0v) is 13.3. The number of likely N-dealkylation sites (tertiary alicyclic amines) is 1. The molecule has 2 aromatic carbocycles. The van der Waals surface area contributed by atoms with Crippen molar-refractivity contribution in [2.45, 2.75) is 24.9 Å². The van der Waals surface area contributed by atoms with Gasteiger partial charge in [-0.15, -0.1) is 0 Å². The second-order valence-electron chi connectivity index (χ2n) is 5.88. The summed E-state index contributed by atoms with van der Waals surface area (Å²) in [6.45, 7) is 0.874.